The molecule has 3 N–H and O–H groups in total. The maximum Gasteiger partial charge on any atom is 0.249 e. The Labute approximate surface area is 86.6 Å². The summed E-state index contributed by atoms with van der Waals surface area (Å²) in [5, 5.41) is 6.37. The molecule has 0 bridgehead atoms. The summed E-state index contributed by atoms with van der Waals surface area (Å²) in [6, 6.07) is -0.125. The molecule has 1 aliphatic rings. The highest BCUT2D eigenvalue weighted by Gasteiger charge is 2.26. The Morgan fingerprint density at radius 1 is 1.64 bits per heavy atom. The molecule has 2 heterocycles. The van der Waals surface area contributed by atoms with Crippen LogP contribution in [0.15, 0.2) is 4.52 Å². The van der Waals surface area contributed by atoms with Gasteiger partial charge in [0.25, 0.3) is 0 Å². The molecule has 78 valence electrons. The quantitative estimate of drug-likeness (QED) is 0.723. The molecular formula is C7H11ClN4O2. The Hall–Kier alpha value is -1.14. The number of carbonyl (C=O) groups excluding carboxylic acids is 1. The first-order valence-electron chi connectivity index (χ1n) is 4.11. The van der Waals surface area contributed by atoms with Crippen molar-refractivity contribution >= 4 is 18.3 Å². The maximum atomic E-state index is 10.9. The van der Waals surface area contributed by atoms with Crippen LogP contribution in [-0.2, 0) is 11.3 Å². The first kappa shape index (κ1) is 10.9. The summed E-state index contributed by atoms with van der Waals surface area (Å²) < 4.78 is 4.93. The Bertz CT molecular complexity index is 327. The summed E-state index contributed by atoms with van der Waals surface area (Å²) in [6.07, 6.45) is 1.23. The Morgan fingerprint density at radius 2 is 2.43 bits per heavy atom. The number of halogens is 1. The van der Waals surface area contributed by atoms with Crippen molar-refractivity contribution < 1.29 is 9.32 Å². The van der Waals surface area contributed by atoms with Crippen LogP contribution in [-0.4, -0.2) is 16.0 Å². The molecule has 0 spiro atoms. The highest BCUT2D eigenvalue weighted by atomic mass is 35.5. The second-order valence-corrected chi connectivity index (χ2v) is 2.91. The fraction of sp³-hybridized carbons (Fsp3) is 0.571. The van der Waals surface area contributed by atoms with E-state index in [0.717, 1.165) is 0 Å². The van der Waals surface area contributed by atoms with Crippen molar-refractivity contribution in [3.8, 4) is 0 Å². The van der Waals surface area contributed by atoms with Gasteiger partial charge in [-0.25, -0.2) is 0 Å². The highest BCUT2D eigenvalue weighted by Crippen LogP contribution is 2.21. The molecule has 1 fully saturated rings. The van der Waals surface area contributed by atoms with Gasteiger partial charge in [-0.05, 0) is 6.42 Å². The van der Waals surface area contributed by atoms with Gasteiger partial charge in [0.1, 0.15) is 6.04 Å². The second-order valence-electron chi connectivity index (χ2n) is 2.91. The Morgan fingerprint density at radius 3 is 2.93 bits per heavy atom. The average Bonchev–Trinajstić information content (AvgIpc) is 2.71. The minimum absolute atomic E-state index is 0. The standard InChI is InChI=1S/C7H10N4O2.ClH/c8-3-5-10-7(13-11-5)4-1-2-6(12)9-4;/h4H,1-3,8H2,(H,9,12);1H/t4-;/m0./s1. The summed E-state index contributed by atoms with van der Waals surface area (Å²) >= 11 is 0. The molecule has 14 heavy (non-hydrogen) atoms. The molecule has 1 atom stereocenters. The maximum absolute atomic E-state index is 10.9. The van der Waals surface area contributed by atoms with Crippen LogP contribution in [0.25, 0.3) is 0 Å². The van der Waals surface area contributed by atoms with E-state index >= 15 is 0 Å². The van der Waals surface area contributed by atoms with Gasteiger partial charge < -0.3 is 15.6 Å². The normalized spacial score (nSPS) is 20.4. The Balaban J connectivity index is 0.000000980. The minimum Gasteiger partial charge on any atom is -0.344 e. The summed E-state index contributed by atoms with van der Waals surface area (Å²) in [6.45, 7) is 0.254. The van der Waals surface area contributed by atoms with Crippen molar-refractivity contribution in [1.82, 2.24) is 15.5 Å². The SMILES string of the molecule is Cl.NCc1noc([C@@H]2CCC(=O)N2)n1. The van der Waals surface area contributed by atoms with Crippen molar-refractivity contribution in [3.05, 3.63) is 11.7 Å². The lowest BCUT2D eigenvalue weighted by Gasteiger charge is -2.01. The molecule has 1 aromatic heterocycles. The lowest BCUT2D eigenvalue weighted by atomic mass is 10.2. The number of hydrogen-bond acceptors (Lipinski definition) is 5. The number of amides is 1. The second kappa shape index (κ2) is 4.39. The van der Waals surface area contributed by atoms with Crippen molar-refractivity contribution in [2.24, 2.45) is 5.73 Å². The zero-order valence-electron chi connectivity index (χ0n) is 7.40. The van der Waals surface area contributed by atoms with Crippen LogP contribution in [0.2, 0.25) is 0 Å². The molecule has 1 saturated heterocycles. The van der Waals surface area contributed by atoms with E-state index in [2.05, 4.69) is 15.5 Å². The largest absolute Gasteiger partial charge is 0.344 e. The fourth-order valence-electron chi connectivity index (χ4n) is 1.29. The first-order chi connectivity index (χ1) is 6.29. The number of nitrogens with one attached hydrogen (secondary N) is 1. The lowest BCUT2D eigenvalue weighted by Crippen LogP contribution is -2.18. The zero-order valence-corrected chi connectivity index (χ0v) is 8.21. The van der Waals surface area contributed by atoms with Crippen LogP contribution in [0.3, 0.4) is 0 Å². The molecule has 0 radical (unpaired) electrons. The minimum atomic E-state index is -0.125. The first-order valence-corrected chi connectivity index (χ1v) is 4.11. The lowest BCUT2D eigenvalue weighted by molar-refractivity contribution is -0.119. The smallest absolute Gasteiger partial charge is 0.249 e. The summed E-state index contributed by atoms with van der Waals surface area (Å²) in [5.74, 6) is 0.944. The molecule has 0 aliphatic carbocycles. The summed E-state index contributed by atoms with van der Waals surface area (Å²) in [5.41, 5.74) is 5.32. The van der Waals surface area contributed by atoms with Gasteiger partial charge in [-0.1, -0.05) is 5.16 Å². The topological polar surface area (TPSA) is 94.0 Å². The number of nitrogens with two attached hydrogens (primary N) is 1. The van der Waals surface area contributed by atoms with E-state index in [1.807, 2.05) is 0 Å². The third kappa shape index (κ3) is 2.02. The number of hydrogen-bond donors (Lipinski definition) is 2. The van der Waals surface area contributed by atoms with E-state index < -0.39 is 0 Å². The molecule has 0 aromatic carbocycles. The number of rotatable bonds is 2. The molecule has 2 rings (SSSR count). The molecule has 7 heteroatoms. The van der Waals surface area contributed by atoms with Crippen molar-refractivity contribution in [2.45, 2.75) is 25.4 Å². The number of carbonyl (C=O) groups is 1. The van der Waals surface area contributed by atoms with Gasteiger partial charge in [-0.2, -0.15) is 4.98 Å². The van der Waals surface area contributed by atoms with Crippen molar-refractivity contribution in [2.75, 3.05) is 0 Å². The van der Waals surface area contributed by atoms with Crippen molar-refractivity contribution in [1.29, 1.82) is 0 Å². The average molecular weight is 219 g/mol. The summed E-state index contributed by atoms with van der Waals surface area (Å²) in [4.78, 5) is 14.9. The van der Waals surface area contributed by atoms with Crippen LogP contribution in [0, 0.1) is 0 Å². The van der Waals surface area contributed by atoms with Gasteiger partial charge in [0, 0.05) is 6.42 Å². The van der Waals surface area contributed by atoms with Crippen LogP contribution in [0.4, 0.5) is 0 Å². The molecule has 0 unspecified atom stereocenters. The van der Waals surface area contributed by atoms with E-state index in [0.29, 0.717) is 24.6 Å². The molecule has 1 amide bonds. The van der Waals surface area contributed by atoms with E-state index in [1.54, 1.807) is 0 Å². The van der Waals surface area contributed by atoms with Crippen molar-refractivity contribution in [3.63, 3.8) is 0 Å². The number of aromatic nitrogens is 2. The van der Waals surface area contributed by atoms with Crippen LogP contribution in [0.1, 0.15) is 30.6 Å². The van der Waals surface area contributed by atoms with E-state index in [9.17, 15) is 4.79 Å². The van der Waals surface area contributed by atoms with Crippen LogP contribution >= 0.6 is 12.4 Å². The molecular weight excluding hydrogens is 208 g/mol. The summed E-state index contributed by atoms with van der Waals surface area (Å²) in [7, 11) is 0. The predicted octanol–water partition coefficient (Wildman–Crippen LogP) is -0.0988. The monoisotopic (exact) mass is 218 g/mol. The van der Waals surface area contributed by atoms with Gasteiger partial charge >= 0.3 is 0 Å². The van der Waals surface area contributed by atoms with Crippen LogP contribution in [0.5, 0.6) is 0 Å². The van der Waals surface area contributed by atoms with E-state index in [4.69, 9.17) is 10.3 Å². The van der Waals surface area contributed by atoms with Gasteiger partial charge in [0.05, 0.1) is 6.54 Å². The molecule has 1 aromatic rings. The molecule has 0 saturated carbocycles. The Kier molecular flexibility index (Phi) is 3.43. The van der Waals surface area contributed by atoms with E-state index in [1.165, 1.54) is 0 Å². The van der Waals surface area contributed by atoms with Gasteiger partial charge in [0.2, 0.25) is 11.8 Å². The van der Waals surface area contributed by atoms with Crippen LogP contribution < -0.4 is 11.1 Å². The molecule has 1 aliphatic heterocycles. The molecule has 6 nitrogen and oxygen atoms in total. The number of nitrogens with zero attached hydrogens (tertiary/aromatic N) is 2. The third-order valence-corrected chi connectivity index (χ3v) is 1.96. The zero-order chi connectivity index (χ0) is 9.26. The van der Waals surface area contributed by atoms with E-state index in [-0.39, 0.29) is 30.9 Å². The van der Waals surface area contributed by atoms with Gasteiger partial charge in [-0.15, -0.1) is 12.4 Å². The van der Waals surface area contributed by atoms with Gasteiger partial charge in [-0.3, -0.25) is 4.79 Å². The fourth-order valence-corrected chi connectivity index (χ4v) is 1.29. The highest BCUT2D eigenvalue weighted by molar-refractivity contribution is 5.85. The van der Waals surface area contributed by atoms with Gasteiger partial charge in [0.15, 0.2) is 5.82 Å². The predicted molar refractivity (Wildman–Crippen MR) is 49.6 cm³/mol. The third-order valence-electron chi connectivity index (χ3n) is 1.96.